The number of piperidine rings is 2. The number of amides is 1. The van der Waals surface area contributed by atoms with Gasteiger partial charge in [0.1, 0.15) is 0 Å². The second-order valence-corrected chi connectivity index (χ2v) is 4.65. The van der Waals surface area contributed by atoms with Crippen LogP contribution in [0.15, 0.2) is 0 Å². The number of carbonyl (C=O) groups excluding carboxylic acids is 1. The third-order valence-corrected chi connectivity index (χ3v) is 3.06. The zero-order valence-electron chi connectivity index (χ0n) is 10.3. The van der Waals surface area contributed by atoms with Crippen LogP contribution in [-0.2, 0) is 4.79 Å². The first kappa shape index (κ1) is 12.5. The quantitative estimate of drug-likeness (QED) is 0.662. The normalized spacial score (nSPS) is 30.3. The lowest BCUT2D eigenvalue weighted by Crippen LogP contribution is -2.54. The lowest BCUT2D eigenvalue weighted by atomic mass is 9.85. The van der Waals surface area contributed by atoms with Crippen LogP contribution in [0.25, 0.3) is 0 Å². The number of nitrogens with zero attached hydrogens (tertiary/aromatic N) is 1. The number of likely N-dealkylation sites (N-methyl/N-ethyl adjacent to an activating group) is 1. The van der Waals surface area contributed by atoms with Gasteiger partial charge in [-0.1, -0.05) is 20.3 Å². The summed E-state index contributed by atoms with van der Waals surface area (Å²) in [4.78, 5) is 13.2. The molecule has 2 saturated heterocycles. The molecule has 2 aliphatic heterocycles. The van der Waals surface area contributed by atoms with E-state index in [2.05, 4.69) is 19.2 Å². The molecule has 3 heteroatoms. The van der Waals surface area contributed by atoms with Crippen LogP contribution in [0.1, 0.15) is 39.5 Å². The number of nitrogens with one attached hydrogen (secondary N) is 1. The first-order chi connectivity index (χ1) is 7.19. The summed E-state index contributed by atoms with van der Waals surface area (Å²) in [6, 6.07) is 0.571. The summed E-state index contributed by atoms with van der Waals surface area (Å²) in [7, 11) is 1.90. The summed E-state index contributed by atoms with van der Waals surface area (Å²) < 4.78 is 0. The van der Waals surface area contributed by atoms with Crippen LogP contribution < -0.4 is 5.32 Å². The van der Waals surface area contributed by atoms with Crippen molar-refractivity contribution in [2.45, 2.75) is 45.6 Å². The molecular weight excluding hydrogens is 188 g/mol. The third kappa shape index (κ3) is 3.49. The largest absolute Gasteiger partial charge is 0.344 e. The van der Waals surface area contributed by atoms with Gasteiger partial charge >= 0.3 is 0 Å². The fraction of sp³-hybridized carbons (Fsp3) is 0.917. The van der Waals surface area contributed by atoms with E-state index in [1.165, 1.54) is 19.3 Å². The number of hydrogen-bond donors (Lipinski definition) is 1. The molecule has 1 amide bonds. The number of rotatable bonds is 0. The van der Waals surface area contributed by atoms with Crippen molar-refractivity contribution in [2.75, 3.05) is 20.1 Å². The maximum atomic E-state index is 11.3. The number of hydrogen-bond acceptors (Lipinski definition) is 2. The monoisotopic (exact) mass is 212 g/mol. The zero-order valence-corrected chi connectivity index (χ0v) is 10.3. The molecule has 2 aliphatic rings. The van der Waals surface area contributed by atoms with Crippen molar-refractivity contribution in [2.24, 2.45) is 5.92 Å². The van der Waals surface area contributed by atoms with E-state index in [0.29, 0.717) is 17.9 Å². The van der Waals surface area contributed by atoms with Crippen molar-refractivity contribution in [3.05, 3.63) is 0 Å². The Morgan fingerprint density at radius 2 is 2.13 bits per heavy atom. The number of likely N-dealkylation sites (tertiary alicyclic amines) is 1. The van der Waals surface area contributed by atoms with Gasteiger partial charge in [-0.15, -0.1) is 0 Å². The van der Waals surface area contributed by atoms with E-state index >= 15 is 0 Å². The summed E-state index contributed by atoms with van der Waals surface area (Å²) in [5.41, 5.74) is 0. The average Bonchev–Trinajstić information content (AvgIpc) is 2.21. The van der Waals surface area contributed by atoms with Crippen molar-refractivity contribution < 1.29 is 4.79 Å². The molecule has 0 saturated carbocycles. The van der Waals surface area contributed by atoms with Crippen molar-refractivity contribution in [1.29, 1.82) is 0 Å². The lowest BCUT2D eigenvalue weighted by molar-refractivity contribution is -0.135. The Labute approximate surface area is 93.2 Å². The Balaban J connectivity index is 0.000000337. The highest BCUT2D eigenvalue weighted by atomic mass is 16.2. The Bertz CT molecular complexity index is 206. The van der Waals surface area contributed by atoms with Gasteiger partial charge in [0, 0.05) is 26.1 Å². The van der Waals surface area contributed by atoms with E-state index in [4.69, 9.17) is 0 Å². The van der Waals surface area contributed by atoms with E-state index in [1.54, 1.807) is 0 Å². The molecule has 0 aromatic heterocycles. The molecule has 0 aromatic carbocycles. The minimum atomic E-state index is 0.319. The van der Waals surface area contributed by atoms with Crippen LogP contribution >= 0.6 is 0 Å². The van der Waals surface area contributed by atoms with E-state index in [-0.39, 0.29) is 0 Å². The number of carbonyl (C=O) groups is 1. The SMILES string of the molecule is CCC.CN1CC2NCCCC2CC1=O. The van der Waals surface area contributed by atoms with Gasteiger partial charge in [0.15, 0.2) is 0 Å². The molecule has 2 unspecified atom stereocenters. The van der Waals surface area contributed by atoms with Crippen LogP contribution in [0.4, 0.5) is 0 Å². The summed E-state index contributed by atoms with van der Waals surface area (Å²) in [6.45, 7) is 6.28. The minimum Gasteiger partial charge on any atom is -0.344 e. The van der Waals surface area contributed by atoms with Crippen molar-refractivity contribution in [1.82, 2.24) is 10.2 Å². The fourth-order valence-corrected chi connectivity index (χ4v) is 2.25. The maximum Gasteiger partial charge on any atom is 0.222 e. The van der Waals surface area contributed by atoms with Crippen LogP contribution in [0, 0.1) is 5.92 Å². The zero-order chi connectivity index (χ0) is 11.3. The predicted molar refractivity (Wildman–Crippen MR) is 62.7 cm³/mol. The molecule has 2 heterocycles. The molecule has 1 N–H and O–H groups in total. The van der Waals surface area contributed by atoms with E-state index in [9.17, 15) is 4.79 Å². The van der Waals surface area contributed by atoms with Gasteiger partial charge in [-0.3, -0.25) is 4.79 Å². The molecule has 2 atom stereocenters. The molecule has 88 valence electrons. The maximum absolute atomic E-state index is 11.3. The van der Waals surface area contributed by atoms with Crippen LogP contribution in [0.3, 0.4) is 0 Å². The van der Waals surface area contributed by atoms with E-state index < -0.39 is 0 Å². The highest BCUT2D eigenvalue weighted by Crippen LogP contribution is 2.25. The predicted octanol–water partition coefficient (Wildman–Crippen LogP) is 1.63. The molecule has 0 spiro atoms. The molecule has 0 aliphatic carbocycles. The minimum absolute atomic E-state index is 0.319. The molecule has 15 heavy (non-hydrogen) atoms. The Hall–Kier alpha value is -0.570. The molecular formula is C12H24N2O. The fourth-order valence-electron chi connectivity index (χ4n) is 2.25. The van der Waals surface area contributed by atoms with Crippen LogP contribution in [0.5, 0.6) is 0 Å². The summed E-state index contributed by atoms with van der Waals surface area (Å²) >= 11 is 0. The molecule has 0 bridgehead atoms. The van der Waals surface area contributed by atoms with Gasteiger partial charge in [0.05, 0.1) is 0 Å². The Morgan fingerprint density at radius 1 is 1.47 bits per heavy atom. The van der Waals surface area contributed by atoms with Crippen molar-refractivity contribution in [3.63, 3.8) is 0 Å². The topological polar surface area (TPSA) is 32.3 Å². The first-order valence-electron chi connectivity index (χ1n) is 6.16. The summed E-state index contributed by atoms with van der Waals surface area (Å²) in [5, 5.41) is 3.48. The lowest BCUT2D eigenvalue weighted by Gasteiger charge is -2.39. The van der Waals surface area contributed by atoms with E-state index in [0.717, 1.165) is 19.5 Å². The Morgan fingerprint density at radius 3 is 2.80 bits per heavy atom. The molecule has 3 nitrogen and oxygen atoms in total. The molecule has 2 fully saturated rings. The van der Waals surface area contributed by atoms with Gasteiger partial charge in [0.25, 0.3) is 0 Å². The standard InChI is InChI=1S/C9H16N2O.C3H8/c1-11-6-8-7(5-9(11)12)3-2-4-10-8;1-3-2/h7-8,10H,2-6H2,1H3;3H2,1-2H3. The highest BCUT2D eigenvalue weighted by Gasteiger charge is 2.33. The second kappa shape index (κ2) is 6.11. The van der Waals surface area contributed by atoms with Crippen LogP contribution in [0.2, 0.25) is 0 Å². The molecule has 2 rings (SSSR count). The third-order valence-electron chi connectivity index (χ3n) is 3.06. The van der Waals surface area contributed by atoms with Crippen molar-refractivity contribution in [3.8, 4) is 0 Å². The van der Waals surface area contributed by atoms with Gasteiger partial charge in [-0.25, -0.2) is 0 Å². The van der Waals surface area contributed by atoms with Gasteiger partial charge in [-0.2, -0.15) is 0 Å². The summed E-state index contributed by atoms with van der Waals surface area (Å²) in [6.07, 6.45) is 4.48. The van der Waals surface area contributed by atoms with Gasteiger partial charge < -0.3 is 10.2 Å². The number of fused-ring (bicyclic) bond motifs is 1. The van der Waals surface area contributed by atoms with Gasteiger partial charge in [0.2, 0.25) is 5.91 Å². The molecule has 0 aromatic rings. The van der Waals surface area contributed by atoms with Crippen molar-refractivity contribution >= 4 is 5.91 Å². The van der Waals surface area contributed by atoms with E-state index in [1.807, 2.05) is 11.9 Å². The highest BCUT2D eigenvalue weighted by molar-refractivity contribution is 5.77. The average molecular weight is 212 g/mol. The smallest absolute Gasteiger partial charge is 0.222 e. The van der Waals surface area contributed by atoms with Crippen LogP contribution in [-0.4, -0.2) is 37.0 Å². The summed E-state index contributed by atoms with van der Waals surface area (Å²) in [5.74, 6) is 0.933. The second-order valence-electron chi connectivity index (χ2n) is 4.65. The molecule has 0 radical (unpaired) electrons. The Kier molecular flexibility index (Phi) is 5.09. The first-order valence-corrected chi connectivity index (χ1v) is 6.16. The van der Waals surface area contributed by atoms with Gasteiger partial charge in [-0.05, 0) is 25.3 Å².